The largest absolute Gasteiger partial charge is 0.488 e. The minimum Gasteiger partial charge on any atom is -0.488 e. The van der Waals surface area contributed by atoms with Crippen LogP contribution in [0.1, 0.15) is 96.8 Å². The Balaban J connectivity index is 2.05. The number of para-hydroxylation sites is 1. The van der Waals surface area contributed by atoms with Crippen molar-refractivity contribution in [2.75, 3.05) is 13.2 Å². The summed E-state index contributed by atoms with van der Waals surface area (Å²) in [7, 11) is 0. The van der Waals surface area contributed by atoms with Crippen molar-refractivity contribution in [1.29, 1.82) is 0 Å². The van der Waals surface area contributed by atoms with E-state index in [-0.39, 0.29) is 11.9 Å². The van der Waals surface area contributed by atoms with E-state index in [2.05, 4.69) is 30.3 Å². The molecule has 0 heterocycles. The van der Waals surface area contributed by atoms with E-state index in [1.807, 2.05) is 59.7 Å². The van der Waals surface area contributed by atoms with Gasteiger partial charge in [-0.05, 0) is 96.8 Å². The van der Waals surface area contributed by atoms with Crippen LogP contribution in [-0.4, -0.2) is 25.2 Å². The molecule has 0 fully saturated rings. The van der Waals surface area contributed by atoms with Crippen molar-refractivity contribution in [2.45, 2.75) is 99.5 Å². The molecule has 0 amide bonds. The van der Waals surface area contributed by atoms with Gasteiger partial charge in [-0.3, -0.25) is 9.59 Å². The van der Waals surface area contributed by atoms with Crippen LogP contribution in [-0.2, 0) is 38.5 Å². The van der Waals surface area contributed by atoms with Gasteiger partial charge in [0, 0.05) is 0 Å². The molecular formula is C33H48O5. The Morgan fingerprint density at radius 3 is 1.58 bits per heavy atom. The molecule has 5 heteroatoms. The van der Waals surface area contributed by atoms with E-state index in [0.717, 1.165) is 62.7 Å². The zero-order chi connectivity index (χ0) is 28.0. The van der Waals surface area contributed by atoms with Crippen molar-refractivity contribution in [1.82, 2.24) is 0 Å². The Morgan fingerprint density at radius 1 is 0.658 bits per heavy atom. The Morgan fingerprint density at radius 2 is 1.13 bits per heavy atom. The maximum atomic E-state index is 12.2. The lowest BCUT2D eigenvalue weighted by molar-refractivity contribution is -0.154. The highest BCUT2D eigenvalue weighted by Crippen LogP contribution is 2.31. The molecule has 2 aromatic carbocycles. The smallest absolute Gasteiger partial charge is 0.311 e. The van der Waals surface area contributed by atoms with Crippen LogP contribution < -0.4 is 4.74 Å². The first kappa shape index (κ1) is 31.4. The van der Waals surface area contributed by atoms with Crippen molar-refractivity contribution in [3.05, 3.63) is 65.2 Å². The van der Waals surface area contributed by atoms with Gasteiger partial charge in [0.25, 0.3) is 0 Å². The Labute approximate surface area is 230 Å². The van der Waals surface area contributed by atoms with Gasteiger partial charge in [-0.2, -0.15) is 0 Å². The first-order valence-corrected chi connectivity index (χ1v) is 14.2. The quantitative estimate of drug-likeness (QED) is 0.156. The van der Waals surface area contributed by atoms with Crippen molar-refractivity contribution < 1.29 is 23.8 Å². The van der Waals surface area contributed by atoms with Crippen LogP contribution >= 0.6 is 0 Å². The second kappa shape index (κ2) is 15.6. The van der Waals surface area contributed by atoms with Crippen LogP contribution in [0.15, 0.2) is 48.5 Å². The molecule has 2 rings (SSSR count). The number of esters is 2. The molecule has 0 aliphatic heterocycles. The fourth-order valence-corrected chi connectivity index (χ4v) is 4.57. The Kier molecular flexibility index (Phi) is 12.9. The zero-order valence-electron chi connectivity index (χ0n) is 24.4. The van der Waals surface area contributed by atoms with E-state index in [0.29, 0.717) is 19.8 Å². The normalized spacial score (nSPS) is 11.7. The number of aryl methyl sites for hydroxylation is 2. The molecule has 0 saturated carbocycles. The van der Waals surface area contributed by atoms with Crippen LogP contribution in [0.2, 0.25) is 0 Å². The molecule has 5 nitrogen and oxygen atoms in total. The molecule has 0 atom stereocenters. The topological polar surface area (TPSA) is 61.8 Å². The van der Waals surface area contributed by atoms with Crippen LogP contribution in [0.25, 0.3) is 0 Å². The minimum absolute atomic E-state index is 0.125. The van der Waals surface area contributed by atoms with Crippen LogP contribution in [0, 0.1) is 10.8 Å². The summed E-state index contributed by atoms with van der Waals surface area (Å²) >= 11 is 0. The number of hydrogen-bond donors (Lipinski definition) is 0. The number of benzene rings is 2. The third-order valence-corrected chi connectivity index (χ3v) is 7.06. The molecule has 38 heavy (non-hydrogen) atoms. The van der Waals surface area contributed by atoms with Gasteiger partial charge in [0.15, 0.2) is 0 Å². The second-order valence-electron chi connectivity index (χ2n) is 11.3. The molecule has 2 aromatic rings. The van der Waals surface area contributed by atoms with E-state index in [1.165, 1.54) is 11.1 Å². The van der Waals surface area contributed by atoms with Gasteiger partial charge < -0.3 is 14.2 Å². The molecule has 0 N–H and O–H groups in total. The molecule has 210 valence electrons. The highest BCUT2D eigenvalue weighted by Gasteiger charge is 2.29. The number of rotatable bonds is 17. The Hall–Kier alpha value is -2.82. The molecule has 0 saturated heterocycles. The predicted molar refractivity (Wildman–Crippen MR) is 153 cm³/mol. The van der Waals surface area contributed by atoms with Crippen molar-refractivity contribution in [3.63, 3.8) is 0 Å². The van der Waals surface area contributed by atoms with Crippen LogP contribution in [0.5, 0.6) is 5.75 Å². The van der Waals surface area contributed by atoms with E-state index in [9.17, 15) is 9.59 Å². The summed E-state index contributed by atoms with van der Waals surface area (Å²) in [6, 6.07) is 16.7. The number of carbonyl (C=O) groups excluding carboxylic acids is 2. The molecule has 0 unspecified atom stereocenters. The maximum absolute atomic E-state index is 12.2. The molecular weight excluding hydrogens is 476 g/mol. The Bertz CT molecular complexity index is 937. The second-order valence-corrected chi connectivity index (χ2v) is 11.3. The predicted octanol–water partition coefficient (Wildman–Crippen LogP) is 7.87. The SMILES string of the molecule is CCOC(=O)C(C)(C)CCCCc1cccc(CCCCC(C)(C)C(=O)OCC)c1OCc1ccccc1. The highest BCUT2D eigenvalue weighted by molar-refractivity contribution is 5.76. The highest BCUT2D eigenvalue weighted by atomic mass is 16.5. The molecule has 0 bridgehead atoms. The monoisotopic (exact) mass is 524 g/mol. The molecule has 0 aliphatic carbocycles. The number of unbranched alkanes of at least 4 members (excludes halogenated alkanes) is 2. The lowest BCUT2D eigenvalue weighted by atomic mass is 9.86. The van der Waals surface area contributed by atoms with E-state index < -0.39 is 10.8 Å². The van der Waals surface area contributed by atoms with E-state index in [1.54, 1.807) is 0 Å². The van der Waals surface area contributed by atoms with Gasteiger partial charge in [0.2, 0.25) is 0 Å². The van der Waals surface area contributed by atoms with Gasteiger partial charge in [-0.1, -0.05) is 61.4 Å². The molecule has 0 radical (unpaired) electrons. The molecule has 0 aliphatic rings. The third-order valence-electron chi connectivity index (χ3n) is 7.06. The summed E-state index contributed by atoms with van der Waals surface area (Å²) in [4.78, 5) is 24.5. The van der Waals surface area contributed by atoms with Crippen LogP contribution in [0.4, 0.5) is 0 Å². The van der Waals surface area contributed by atoms with Gasteiger partial charge in [-0.15, -0.1) is 0 Å². The maximum Gasteiger partial charge on any atom is 0.311 e. The number of carbonyl (C=O) groups is 2. The van der Waals surface area contributed by atoms with Gasteiger partial charge in [0.1, 0.15) is 12.4 Å². The van der Waals surface area contributed by atoms with Crippen molar-refractivity contribution in [2.24, 2.45) is 10.8 Å². The van der Waals surface area contributed by atoms with E-state index >= 15 is 0 Å². The summed E-state index contributed by atoms with van der Waals surface area (Å²) in [5.74, 6) is 0.727. The van der Waals surface area contributed by atoms with Crippen molar-refractivity contribution in [3.8, 4) is 5.75 Å². The molecule has 0 aromatic heterocycles. The standard InChI is InChI=1S/C33H48O5/c1-7-36-30(34)32(3,4)23-14-12-19-27-21-16-22-28(29(27)38-25-26-17-10-9-11-18-26)20-13-15-24-33(5,6)31(35)37-8-2/h9-11,16-18,21-22H,7-8,12-15,19-20,23-25H2,1-6H3. The minimum atomic E-state index is -0.470. The van der Waals surface area contributed by atoms with Crippen molar-refractivity contribution >= 4 is 11.9 Å². The third kappa shape index (κ3) is 10.2. The lowest BCUT2D eigenvalue weighted by Gasteiger charge is -2.22. The molecule has 0 spiro atoms. The fraction of sp³-hybridized carbons (Fsp3) is 0.576. The van der Waals surface area contributed by atoms with Gasteiger partial charge in [-0.25, -0.2) is 0 Å². The number of hydrogen-bond acceptors (Lipinski definition) is 5. The fourth-order valence-electron chi connectivity index (χ4n) is 4.57. The lowest BCUT2D eigenvalue weighted by Crippen LogP contribution is -2.26. The zero-order valence-corrected chi connectivity index (χ0v) is 24.4. The first-order chi connectivity index (χ1) is 18.1. The summed E-state index contributed by atoms with van der Waals surface area (Å²) in [6.45, 7) is 12.9. The summed E-state index contributed by atoms with van der Waals surface area (Å²) in [5.41, 5.74) is 2.61. The average Bonchev–Trinajstić information content (AvgIpc) is 2.89. The van der Waals surface area contributed by atoms with Gasteiger partial charge in [0.05, 0.1) is 24.0 Å². The van der Waals surface area contributed by atoms with Crippen LogP contribution in [0.3, 0.4) is 0 Å². The van der Waals surface area contributed by atoms with Gasteiger partial charge >= 0.3 is 11.9 Å². The van der Waals surface area contributed by atoms with E-state index in [4.69, 9.17) is 14.2 Å². The first-order valence-electron chi connectivity index (χ1n) is 14.2. The summed E-state index contributed by atoms with van der Waals surface area (Å²) in [6.07, 6.45) is 7.21. The summed E-state index contributed by atoms with van der Waals surface area (Å²) in [5, 5.41) is 0. The average molecular weight is 525 g/mol. The number of ether oxygens (including phenoxy) is 3. The summed E-state index contributed by atoms with van der Waals surface area (Å²) < 4.78 is 16.9.